The quantitative estimate of drug-likeness (QED) is 0.738. The Labute approximate surface area is 154 Å². The number of hydrogen-bond donors (Lipinski definition) is 2. The average molecular weight is 386 g/mol. The third-order valence-corrected chi connectivity index (χ3v) is 5.42. The van der Waals surface area contributed by atoms with E-state index in [0.29, 0.717) is 38.5 Å². The van der Waals surface area contributed by atoms with Crippen LogP contribution in [-0.2, 0) is 4.79 Å². The van der Waals surface area contributed by atoms with E-state index in [0.717, 1.165) is 12.8 Å². The summed E-state index contributed by atoms with van der Waals surface area (Å²) in [6.07, 6.45) is 1.95. The van der Waals surface area contributed by atoms with Crippen LogP contribution in [0.5, 0.6) is 0 Å². The van der Waals surface area contributed by atoms with Gasteiger partial charge >= 0.3 is 6.18 Å². The smallest absolute Gasteiger partial charge is 0.354 e. The van der Waals surface area contributed by atoms with Gasteiger partial charge in [0.05, 0.1) is 0 Å². The summed E-state index contributed by atoms with van der Waals surface area (Å²) in [5.41, 5.74) is 0. The van der Waals surface area contributed by atoms with Crippen molar-refractivity contribution in [1.82, 2.24) is 15.5 Å². The molecule has 2 unspecified atom stereocenters. The summed E-state index contributed by atoms with van der Waals surface area (Å²) in [5.74, 6) is 0.530. The van der Waals surface area contributed by atoms with Crippen LogP contribution in [0.3, 0.4) is 0 Å². The number of halogens is 4. The Hall–Kier alpha value is -0.530. The predicted molar refractivity (Wildman–Crippen MR) is 94.9 cm³/mol. The van der Waals surface area contributed by atoms with Crippen LogP contribution in [0.1, 0.15) is 45.4 Å². The van der Waals surface area contributed by atoms with E-state index in [9.17, 15) is 18.0 Å². The zero-order valence-electron chi connectivity index (χ0n) is 14.9. The molecule has 1 saturated carbocycles. The fourth-order valence-corrected chi connectivity index (χ4v) is 3.89. The number of carbonyl (C=O) groups excluding carboxylic acids is 1. The van der Waals surface area contributed by atoms with Crippen LogP contribution < -0.4 is 10.6 Å². The minimum atomic E-state index is -4.32. The fraction of sp³-hybridized carbons (Fsp3) is 0.941. The molecule has 0 bridgehead atoms. The van der Waals surface area contributed by atoms with E-state index in [1.807, 2.05) is 6.92 Å². The molecule has 25 heavy (non-hydrogen) atoms. The van der Waals surface area contributed by atoms with E-state index in [-0.39, 0.29) is 30.8 Å². The summed E-state index contributed by atoms with van der Waals surface area (Å²) in [7, 11) is 0. The number of rotatable bonds is 6. The lowest BCUT2D eigenvalue weighted by molar-refractivity contribution is -0.184. The van der Waals surface area contributed by atoms with Crippen molar-refractivity contribution in [3.8, 4) is 0 Å². The predicted octanol–water partition coefficient (Wildman–Crippen LogP) is 2.97. The van der Waals surface area contributed by atoms with E-state index in [1.165, 1.54) is 24.2 Å². The van der Waals surface area contributed by atoms with Gasteiger partial charge in [-0.1, -0.05) is 39.0 Å². The van der Waals surface area contributed by atoms with Crippen LogP contribution in [0.15, 0.2) is 0 Å². The third-order valence-electron chi connectivity index (χ3n) is 5.42. The van der Waals surface area contributed by atoms with Crippen molar-refractivity contribution in [1.29, 1.82) is 0 Å². The molecule has 1 aliphatic carbocycles. The summed E-state index contributed by atoms with van der Waals surface area (Å²) in [6, 6.07) is -1.59. The minimum absolute atomic E-state index is 0. The average Bonchev–Trinajstić information content (AvgIpc) is 2.55. The number of hydrogen-bond acceptors (Lipinski definition) is 3. The van der Waals surface area contributed by atoms with E-state index < -0.39 is 12.2 Å². The van der Waals surface area contributed by atoms with Crippen molar-refractivity contribution in [3.63, 3.8) is 0 Å². The second kappa shape index (κ2) is 10.6. The second-order valence-corrected chi connectivity index (χ2v) is 7.23. The molecular weight excluding hydrogens is 355 g/mol. The van der Waals surface area contributed by atoms with Crippen molar-refractivity contribution < 1.29 is 18.0 Å². The van der Waals surface area contributed by atoms with E-state index >= 15 is 0 Å². The van der Waals surface area contributed by atoms with Crippen molar-refractivity contribution in [2.75, 3.05) is 32.7 Å². The first-order valence-electron chi connectivity index (χ1n) is 9.16. The van der Waals surface area contributed by atoms with Crippen molar-refractivity contribution in [2.45, 2.75) is 57.7 Å². The molecule has 2 fully saturated rings. The van der Waals surface area contributed by atoms with Crippen LogP contribution in [0.4, 0.5) is 13.2 Å². The van der Waals surface area contributed by atoms with Gasteiger partial charge in [-0.15, -0.1) is 12.4 Å². The van der Waals surface area contributed by atoms with Crippen LogP contribution in [0.25, 0.3) is 0 Å². The molecule has 1 heterocycles. The topological polar surface area (TPSA) is 44.4 Å². The lowest BCUT2D eigenvalue weighted by atomic mass is 9.79. The highest BCUT2D eigenvalue weighted by Crippen LogP contribution is 2.31. The number of piperazine rings is 1. The molecule has 148 valence electrons. The van der Waals surface area contributed by atoms with Crippen LogP contribution in [0.2, 0.25) is 0 Å². The maximum Gasteiger partial charge on any atom is 0.405 e. The van der Waals surface area contributed by atoms with Crippen molar-refractivity contribution in [2.24, 2.45) is 11.8 Å². The molecule has 0 spiro atoms. The summed E-state index contributed by atoms with van der Waals surface area (Å²) in [5, 5.41) is 5.59. The van der Waals surface area contributed by atoms with Gasteiger partial charge < -0.3 is 10.6 Å². The van der Waals surface area contributed by atoms with E-state index in [4.69, 9.17) is 0 Å². The third kappa shape index (κ3) is 7.31. The van der Waals surface area contributed by atoms with Gasteiger partial charge in [0, 0.05) is 39.1 Å². The van der Waals surface area contributed by atoms with Crippen LogP contribution >= 0.6 is 12.4 Å². The fourth-order valence-electron chi connectivity index (χ4n) is 3.89. The normalized spacial score (nSPS) is 22.7. The highest BCUT2D eigenvalue weighted by atomic mass is 35.5. The first kappa shape index (κ1) is 22.5. The van der Waals surface area contributed by atoms with Gasteiger partial charge in [0.15, 0.2) is 0 Å². The molecule has 0 aromatic rings. The number of amides is 1. The number of nitrogens with one attached hydrogen (secondary N) is 2. The van der Waals surface area contributed by atoms with Gasteiger partial charge in [-0.3, -0.25) is 9.69 Å². The molecule has 1 amide bonds. The highest BCUT2D eigenvalue weighted by Gasteiger charge is 2.43. The Morgan fingerprint density at radius 2 is 1.80 bits per heavy atom. The second-order valence-electron chi connectivity index (χ2n) is 7.23. The van der Waals surface area contributed by atoms with E-state index in [1.54, 1.807) is 0 Å². The molecule has 2 rings (SSSR count). The molecular formula is C17H31ClF3N3O. The molecule has 4 nitrogen and oxygen atoms in total. The first-order valence-corrected chi connectivity index (χ1v) is 9.16. The molecule has 2 N–H and O–H groups in total. The molecule has 8 heteroatoms. The first-order chi connectivity index (χ1) is 11.4. The van der Waals surface area contributed by atoms with Crippen molar-refractivity contribution >= 4 is 18.3 Å². The lowest BCUT2D eigenvalue weighted by Gasteiger charge is -2.36. The summed E-state index contributed by atoms with van der Waals surface area (Å²) < 4.78 is 39.9. The van der Waals surface area contributed by atoms with Gasteiger partial charge in [-0.2, -0.15) is 13.2 Å². The maximum absolute atomic E-state index is 13.3. The lowest BCUT2D eigenvalue weighted by Crippen LogP contribution is -2.57. The van der Waals surface area contributed by atoms with E-state index in [2.05, 4.69) is 10.6 Å². The standard InChI is InChI=1S/C17H30F3N3O.ClH/c1-13(14-5-3-2-4-6-14)11-16(24)22-12-15(17(18,19)20)23-9-7-21-8-10-23;/h13-15,21H,2-12H2,1H3,(H,22,24);1H. The Morgan fingerprint density at radius 1 is 1.20 bits per heavy atom. The Kier molecular flexibility index (Phi) is 9.52. The van der Waals surface area contributed by atoms with Crippen LogP contribution in [0, 0.1) is 11.8 Å². The summed E-state index contributed by atoms with van der Waals surface area (Å²) in [6.45, 7) is 3.53. The van der Waals surface area contributed by atoms with Gasteiger partial charge in [0.25, 0.3) is 0 Å². The molecule has 0 radical (unpaired) electrons. The minimum Gasteiger partial charge on any atom is -0.354 e. The van der Waals surface area contributed by atoms with Gasteiger partial charge in [0.2, 0.25) is 5.91 Å². The molecule has 1 aliphatic heterocycles. The Bertz CT molecular complexity index is 397. The molecule has 1 saturated heterocycles. The molecule has 2 atom stereocenters. The van der Waals surface area contributed by atoms with Crippen molar-refractivity contribution in [3.05, 3.63) is 0 Å². The summed E-state index contributed by atoms with van der Waals surface area (Å²) >= 11 is 0. The largest absolute Gasteiger partial charge is 0.405 e. The maximum atomic E-state index is 13.3. The van der Waals surface area contributed by atoms with Gasteiger partial charge in [-0.25, -0.2) is 0 Å². The van der Waals surface area contributed by atoms with Gasteiger partial charge in [0.1, 0.15) is 6.04 Å². The number of carbonyl (C=O) groups is 1. The Balaban J connectivity index is 0.00000312. The van der Waals surface area contributed by atoms with Crippen LogP contribution in [-0.4, -0.2) is 55.7 Å². The molecule has 2 aliphatic rings. The SMILES string of the molecule is CC(CC(=O)NCC(N1CCNCC1)C(F)(F)F)C1CCCCC1.Cl. The summed E-state index contributed by atoms with van der Waals surface area (Å²) in [4.78, 5) is 13.5. The Morgan fingerprint density at radius 3 is 2.36 bits per heavy atom. The molecule has 0 aromatic heterocycles. The zero-order valence-corrected chi connectivity index (χ0v) is 15.7. The number of nitrogens with zero attached hydrogens (tertiary/aromatic N) is 1. The monoisotopic (exact) mass is 385 g/mol. The molecule has 0 aromatic carbocycles. The number of alkyl halides is 3. The zero-order chi connectivity index (χ0) is 17.6. The van der Waals surface area contributed by atoms with Gasteiger partial charge in [-0.05, 0) is 11.8 Å². The highest BCUT2D eigenvalue weighted by molar-refractivity contribution is 5.85.